The van der Waals surface area contributed by atoms with Crippen LogP contribution in [-0.2, 0) is 4.74 Å². The van der Waals surface area contributed by atoms with Crippen LogP contribution in [0, 0.1) is 0 Å². The van der Waals surface area contributed by atoms with Gasteiger partial charge in [0.1, 0.15) is 0 Å². The largest absolute Gasteiger partial charge is 0.461 e. The summed E-state index contributed by atoms with van der Waals surface area (Å²) < 4.78 is 4.92. The van der Waals surface area contributed by atoms with Crippen LogP contribution in [0.2, 0.25) is 0 Å². The maximum absolute atomic E-state index is 11.6. The second kappa shape index (κ2) is 6.38. The molecule has 0 saturated carbocycles. The molecule has 0 aliphatic carbocycles. The summed E-state index contributed by atoms with van der Waals surface area (Å²) in [6, 6.07) is 7.92. The smallest absolute Gasteiger partial charge is 0.357 e. The maximum Gasteiger partial charge on any atom is 0.357 e. The van der Waals surface area contributed by atoms with Crippen molar-refractivity contribution in [1.29, 1.82) is 0 Å². The lowest BCUT2D eigenvalue weighted by Crippen LogP contribution is -2.10. The van der Waals surface area contributed by atoms with Crippen molar-refractivity contribution >= 4 is 33.8 Å². The molecule has 0 bridgehead atoms. The number of anilines is 3. The van der Waals surface area contributed by atoms with Crippen LogP contribution in [0.3, 0.4) is 0 Å². The molecule has 0 spiro atoms. The molecule has 106 valence electrons. The first kappa shape index (κ1) is 14.3. The normalized spacial score (nSPS) is 10.2. The Balaban J connectivity index is 2.17. The second-order valence-corrected chi connectivity index (χ2v) is 5.15. The third-order valence-electron chi connectivity index (χ3n) is 2.62. The summed E-state index contributed by atoms with van der Waals surface area (Å²) in [5, 5.41) is 5.59. The number of aromatic nitrogens is 1. The van der Waals surface area contributed by atoms with E-state index in [1.165, 1.54) is 11.3 Å². The van der Waals surface area contributed by atoms with Gasteiger partial charge in [0.05, 0.1) is 18.0 Å². The Kier molecular flexibility index (Phi) is 4.57. The van der Waals surface area contributed by atoms with Crippen LogP contribution in [0.5, 0.6) is 0 Å². The Morgan fingerprint density at radius 2 is 2.15 bits per heavy atom. The first-order valence-corrected chi connectivity index (χ1v) is 7.15. The zero-order valence-electron chi connectivity index (χ0n) is 11.7. The Morgan fingerprint density at radius 3 is 2.85 bits per heavy atom. The van der Waals surface area contributed by atoms with E-state index in [2.05, 4.69) is 10.3 Å². The van der Waals surface area contributed by atoms with Gasteiger partial charge in [0, 0.05) is 19.5 Å². The number of carbonyl (C=O) groups is 1. The van der Waals surface area contributed by atoms with Crippen LogP contribution < -0.4 is 10.2 Å². The lowest BCUT2D eigenvalue weighted by molar-refractivity contribution is 0.0520. The van der Waals surface area contributed by atoms with E-state index in [0.29, 0.717) is 17.4 Å². The molecule has 20 heavy (non-hydrogen) atoms. The van der Waals surface area contributed by atoms with Crippen molar-refractivity contribution in [3.05, 3.63) is 35.3 Å². The van der Waals surface area contributed by atoms with Gasteiger partial charge in [-0.1, -0.05) is 12.1 Å². The maximum atomic E-state index is 11.6. The van der Waals surface area contributed by atoms with Gasteiger partial charge in [-0.05, 0) is 19.1 Å². The first-order chi connectivity index (χ1) is 9.61. The Morgan fingerprint density at radius 1 is 1.40 bits per heavy atom. The number of nitrogens with zero attached hydrogens (tertiary/aromatic N) is 2. The molecule has 1 N–H and O–H groups in total. The van der Waals surface area contributed by atoms with Gasteiger partial charge in [-0.15, -0.1) is 11.3 Å². The standard InChI is InChI=1S/C14H17N3O2S/c1-4-19-13(18)11-9-20-14(16-11)15-10-7-5-6-8-12(10)17(2)3/h5-9H,4H2,1-3H3,(H,15,16). The zero-order chi connectivity index (χ0) is 14.5. The lowest BCUT2D eigenvalue weighted by atomic mass is 10.2. The van der Waals surface area contributed by atoms with Crippen LogP contribution in [0.4, 0.5) is 16.5 Å². The fourth-order valence-corrected chi connectivity index (χ4v) is 2.41. The quantitative estimate of drug-likeness (QED) is 0.858. The summed E-state index contributed by atoms with van der Waals surface area (Å²) in [6.07, 6.45) is 0. The van der Waals surface area contributed by atoms with Crippen molar-refractivity contribution in [2.24, 2.45) is 0 Å². The third kappa shape index (κ3) is 3.27. The molecular weight excluding hydrogens is 274 g/mol. The number of para-hydroxylation sites is 2. The number of hydrogen-bond acceptors (Lipinski definition) is 6. The van der Waals surface area contributed by atoms with Crippen molar-refractivity contribution in [2.75, 3.05) is 30.9 Å². The van der Waals surface area contributed by atoms with Gasteiger partial charge in [0.15, 0.2) is 10.8 Å². The highest BCUT2D eigenvalue weighted by Crippen LogP contribution is 2.28. The predicted molar refractivity (Wildman–Crippen MR) is 82.1 cm³/mol. The van der Waals surface area contributed by atoms with Crippen LogP contribution in [0.15, 0.2) is 29.6 Å². The van der Waals surface area contributed by atoms with Gasteiger partial charge in [-0.2, -0.15) is 0 Å². The van der Waals surface area contributed by atoms with E-state index in [9.17, 15) is 4.79 Å². The molecule has 2 aromatic rings. The van der Waals surface area contributed by atoms with E-state index in [4.69, 9.17) is 4.74 Å². The summed E-state index contributed by atoms with van der Waals surface area (Å²) in [7, 11) is 3.96. The van der Waals surface area contributed by atoms with Crippen LogP contribution in [-0.4, -0.2) is 31.7 Å². The Labute approximate surface area is 122 Å². The second-order valence-electron chi connectivity index (χ2n) is 4.29. The first-order valence-electron chi connectivity index (χ1n) is 6.28. The van der Waals surface area contributed by atoms with Gasteiger partial charge in [0.2, 0.25) is 0 Å². The van der Waals surface area contributed by atoms with Crippen molar-refractivity contribution in [3.63, 3.8) is 0 Å². The minimum atomic E-state index is -0.391. The van der Waals surface area contributed by atoms with E-state index in [1.807, 2.05) is 43.3 Å². The van der Waals surface area contributed by atoms with E-state index in [-0.39, 0.29) is 0 Å². The number of benzene rings is 1. The molecule has 1 aromatic carbocycles. The molecule has 0 amide bonds. The lowest BCUT2D eigenvalue weighted by Gasteiger charge is -2.17. The number of rotatable bonds is 5. The number of ether oxygens (including phenoxy) is 1. The van der Waals surface area contributed by atoms with Gasteiger partial charge in [0.25, 0.3) is 0 Å². The third-order valence-corrected chi connectivity index (χ3v) is 3.37. The van der Waals surface area contributed by atoms with Gasteiger partial charge < -0.3 is 15.0 Å². The molecule has 0 unspecified atom stereocenters. The Bertz CT molecular complexity index is 596. The van der Waals surface area contributed by atoms with E-state index in [1.54, 1.807) is 12.3 Å². The van der Waals surface area contributed by atoms with Gasteiger partial charge >= 0.3 is 5.97 Å². The number of hydrogen-bond donors (Lipinski definition) is 1. The van der Waals surface area contributed by atoms with Crippen LogP contribution in [0.25, 0.3) is 0 Å². The summed E-state index contributed by atoms with van der Waals surface area (Å²) in [5.74, 6) is -0.391. The molecule has 0 aliphatic heterocycles. The summed E-state index contributed by atoms with van der Waals surface area (Å²) >= 11 is 1.38. The molecule has 0 saturated heterocycles. The Hall–Kier alpha value is -2.08. The molecule has 0 radical (unpaired) electrons. The number of nitrogens with one attached hydrogen (secondary N) is 1. The molecule has 0 fully saturated rings. The zero-order valence-corrected chi connectivity index (χ0v) is 12.5. The average Bonchev–Trinajstić information content (AvgIpc) is 2.88. The van der Waals surface area contributed by atoms with E-state index >= 15 is 0 Å². The van der Waals surface area contributed by atoms with Crippen LogP contribution in [0.1, 0.15) is 17.4 Å². The predicted octanol–water partition coefficient (Wildman–Crippen LogP) is 3.13. The number of carbonyl (C=O) groups excluding carboxylic acids is 1. The number of thiazole rings is 1. The fraction of sp³-hybridized carbons (Fsp3) is 0.286. The van der Waals surface area contributed by atoms with E-state index < -0.39 is 5.97 Å². The molecule has 0 aliphatic rings. The van der Waals surface area contributed by atoms with Crippen LogP contribution >= 0.6 is 11.3 Å². The van der Waals surface area contributed by atoms with Crippen molar-refractivity contribution < 1.29 is 9.53 Å². The highest BCUT2D eigenvalue weighted by Gasteiger charge is 2.12. The summed E-state index contributed by atoms with van der Waals surface area (Å²) in [5.41, 5.74) is 2.34. The number of esters is 1. The molecule has 6 heteroatoms. The molecule has 5 nitrogen and oxygen atoms in total. The highest BCUT2D eigenvalue weighted by molar-refractivity contribution is 7.14. The van der Waals surface area contributed by atoms with Gasteiger partial charge in [-0.3, -0.25) is 0 Å². The fourth-order valence-electron chi connectivity index (χ4n) is 1.71. The van der Waals surface area contributed by atoms with Crippen molar-refractivity contribution in [2.45, 2.75) is 6.92 Å². The molecule has 1 heterocycles. The minimum absolute atomic E-state index is 0.335. The summed E-state index contributed by atoms with van der Waals surface area (Å²) in [4.78, 5) is 17.8. The topological polar surface area (TPSA) is 54.5 Å². The van der Waals surface area contributed by atoms with Crippen molar-refractivity contribution in [1.82, 2.24) is 4.98 Å². The van der Waals surface area contributed by atoms with E-state index in [0.717, 1.165) is 11.4 Å². The van der Waals surface area contributed by atoms with Gasteiger partial charge in [-0.25, -0.2) is 9.78 Å². The van der Waals surface area contributed by atoms with Crippen molar-refractivity contribution in [3.8, 4) is 0 Å². The summed E-state index contributed by atoms with van der Waals surface area (Å²) in [6.45, 7) is 2.12. The molecule has 1 aromatic heterocycles. The monoisotopic (exact) mass is 291 g/mol. The molecular formula is C14H17N3O2S. The molecule has 2 rings (SSSR count). The highest BCUT2D eigenvalue weighted by atomic mass is 32.1. The average molecular weight is 291 g/mol. The SMILES string of the molecule is CCOC(=O)c1csc(Nc2ccccc2N(C)C)n1. The molecule has 0 atom stereocenters. The minimum Gasteiger partial charge on any atom is -0.461 e.